The van der Waals surface area contributed by atoms with E-state index in [-0.39, 0.29) is 18.2 Å². The fourth-order valence-electron chi connectivity index (χ4n) is 1.55. The number of rotatable bonds is 5. The van der Waals surface area contributed by atoms with Crippen molar-refractivity contribution in [2.45, 2.75) is 53.1 Å². The Kier molecular flexibility index (Phi) is 7.70. The average molecular weight is 304 g/mol. The summed E-state index contributed by atoms with van der Waals surface area (Å²) in [4.78, 5) is 30.8. The molecule has 1 aliphatic heterocycles. The van der Waals surface area contributed by atoms with Crippen LogP contribution < -0.4 is 0 Å². The van der Waals surface area contributed by atoms with Crippen LogP contribution >= 0.6 is 0 Å². The van der Waals surface area contributed by atoms with Gasteiger partial charge in [-0.2, -0.15) is 0 Å². The Morgan fingerprint density at radius 1 is 1.05 bits per heavy atom. The van der Waals surface area contributed by atoms with Crippen LogP contribution in [0.1, 0.15) is 41.5 Å². The van der Waals surface area contributed by atoms with Crippen molar-refractivity contribution in [3.8, 4) is 0 Å². The minimum absolute atomic E-state index is 0.112. The number of carbonyl (C=O) groups excluding carboxylic acids is 3. The number of cyclic esters (lactones) is 1. The summed E-state index contributed by atoms with van der Waals surface area (Å²) >= 11 is 0. The Morgan fingerprint density at radius 2 is 1.48 bits per heavy atom. The first-order valence-electron chi connectivity index (χ1n) is 6.77. The fourth-order valence-corrected chi connectivity index (χ4v) is 1.55. The molecule has 1 aliphatic rings. The van der Waals surface area contributed by atoms with E-state index in [2.05, 4.69) is 0 Å². The van der Waals surface area contributed by atoms with Gasteiger partial charge in [0, 0.05) is 34.0 Å². The van der Waals surface area contributed by atoms with Gasteiger partial charge in [0.05, 0.1) is 0 Å². The minimum atomic E-state index is -1.19. The van der Waals surface area contributed by atoms with E-state index >= 15 is 0 Å². The second-order valence-corrected chi connectivity index (χ2v) is 4.63. The molecule has 2 unspecified atom stereocenters. The van der Waals surface area contributed by atoms with Crippen molar-refractivity contribution in [1.29, 1.82) is 0 Å². The van der Waals surface area contributed by atoms with Crippen LogP contribution in [0.3, 0.4) is 0 Å². The average Bonchev–Trinajstić information content (AvgIpc) is 2.36. The molecular formula is C14H24O7. The molecule has 1 heterocycles. The van der Waals surface area contributed by atoms with E-state index in [4.69, 9.17) is 18.9 Å². The van der Waals surface area contributed by atoms with Crippen molar-refractivity contribution < 1.29 is 33.3 Å². The fraction of sp³-hybridized carbons (Fsp3) is 0.786. The van der Waals surface area contributed by atoms with Gasteiger partial charge in [0.1, 0.15) is 6.61 Å². The molecule has 1 saturated heterocycles. The van der Waals surface area contributed by atoms with Gasteiger partial charge in [-0.25, -0.2) is 4.79 Å². The van der Waals surface area contributed by atoms with E-state index in [0.717, 1.165) is 0 Å². The van der Waals surface area contributed by atoms with Gasteiger partial charge in [0.2, 0.25) is 5.79 Å². The van der Waals surface area contributed by atoms with Gasteiger partial charge in [0.15, 0.2) is 11.6 Å². The molecule has 0 aromatic heterocycles. The molecule has 0 aliphatic carbocycles. The Bertz CT molecular complexity index is 381. The Labute approximate surface area is 124 Å². The lowest BCUT2D eigenvalue weighted by Gasteiger charge is -2.46. The van der Waals surface area contributed by atoms with Gasteiger partial charge in [-0.3, -0.25) is 9.59 Å². The summed E-state index contributed by atoms with van der Waals surface area (Å²) in [6, 6.07) is 0. The standard InChI is InChI=1S/C10H18O5.C4H6O2/c1-5-12-9(3)10(4,13-6-2)15-8(11)7-14-9;1-3(5)4(2)6/h5-7H2,1-4H3;1-2H3. The first-order valence-corrected chi connectivity index (χ1v) is 6.77. The largest absolute Gasteiger partial charge is 0.426 e. The maximum Gasteiger partial charge on any atom is 0.334 e. The number of hydrogen-bond acceptors (Lipinski definition) is 7. The van der Waals surface area contributed by atoms with Crippen molar-refractivity contribution in [2.24, 2.45) is 0 Å². The summed E-state index contributed by atoms with van der Waals surface area (Å²) in [5, 5.41) is 0. The summed E-state index contributed by atoms with van der Waals surface area (Å²) in [7, 11) is 0. The van der Waals surface area contributed by atoms with Gasteiger partial charge in [-0.05, 0) is 20.8 Å². The number of ether oxygens (including phenoxy) is 4. The number of Topliss-reactive ketones (excluding diaryl/α,β-unsaturated/α-hetero) is 2. The normalized spacial score (nSPS) is 28.2. The van der Waals surface area contributed by atoms with Crippen molar-refractivity contribution in [1.82, 2.24) is 0 Å². The van der Waals surface area contributed by atoms with E-state index in [9.17, 15) is 14.4 Å². The highest BCUT2D eigenvalue weighted by atomic mass is 16.8. The zero-order valence-corrected chi connectivity index (χ0v) is 13.5. The predicted octanol–water partition coefficient (Wildman–Crippen LogP) is 1.23. The number of esters is 1. The third kappa shape index (κ3) is 5.53. The smallest absolute Gasteiger partial charge is 0.334 e. The second kappa shape index (κ2) is 8.21. The van der Waals surface area contributed by atoms with E-state index < -0.39 is 17.5 Å². The molecule has 1 rings (SSSR count). The molecule has 0 spiro atoms. The highest BCUT2D eigenvalue weighted by molar-refractivity contribution is 6.35. The van der Waals surface area contributed by atoms with Gasteiger partial charge in [-0.1, -0.05) is 0 Å². The topological polar surface area (TPSA) is 88.1 Å². The van der Waals surface area contributed by atoms with Crippen LogP contribution in [0.15, 0.2) is 0 Å². The van der Waals surface area contributed by atoms with Crippen LogP contribution in [-0.2, 0) is 33.3 Å². The zero-order chi connectivity index (χ0) is 16.7. The Morgan fingerprint density at radius 3 is 1.86 bits per heavy atom. The molecule has 0 amide bonds. The lowest BCUT2D eigenvalue weighted by Crippen LogP contribution is -2.62. The second-order valence-electron chi connectivity index (χ2n) is 4.63. The third-order valence-electron chi connectivity index (χ3n) is 2.93. The summed E-state index contributed by atoms with van der Waals surface area (Å²) in [6.07, 6.45) is 0. The maximum atomic E-state index is 11.2. The minimum Gasteiger partial charge on any atom is -0.426 e. The van der Waals surface area contributed by atoms with E-state index in [1.807, 2.05) is 13.8 Å². The highest BCUT2D eigenvalue weighted by Gasteiger charge is 2.55. The molecule has 7 heteroatoms. The van der Waals surface area contributed by atoms with Crippen molar-refractivity contribution in [2.75, 3.05) is 19.8 Å². The van der Waals surface area contributed by atoms with Gasteiger partial charge >= 0.3 is 5.97 Å². The molecule has 0 saturated carbocycles. The molecule has 122 valence electrons. The van der Waals surface area contributed by atoms with Crippen molar-refractivity contribution >= 4 is 17.5 Å². The molecule has 0 aromatic carbocycles. The van der Waals surface area contributed by atoms with Crippen molar-refractivity contribution in [3.05, 3.63) is 0 Å². The molecule has 21 heavy (non-hydrogen) atoms. The molecule has 7 nitrogen and oxygen atoms in total. The summed E-state index contributed by atoms with van der Waals surface area (Å²) in [6.45, 7) is 10.3. The molecule has 0 radical (unpaired) electrons. The summed E-state index contributed by atoms with van der Waals surface area (Å²) < 4.78 is 21.4. The zero-order valence-electron chi connectivity index (χ0n) is 13.5. The lowest BCUT2D eigenvalue weighted by molar-refractivity contribution is -0.402. The molecule has 1 fully saturated rings. The lowest BCUT2D eigenvalue weighted by atomic mass is 10.1. The van der Waals surface area contributed by atoms with Crippen LogP contribution in [0.2, 0.25) is 0 Å². The Balaban J connectivity index is 0.000000567. The third-order valence-corrected chi connectivity index (χ3v) is 2.93. The van der Waals surface area contributed by atoms with Crippen LogP contribution in [0.5, 0.6) is 0 Å². The maximum absolute atomic E-state index is 11.2. The first kappa shape index (κ1) is 19.7. The molecule has 0 bridgehead atoms. The van der Waals surface area contributed by atoms with E-state index in [1.54, 1.807) is 13.8 Å². The summed E-state index contributed by atoms with van der Waals surface area (Å²) in [5.74, 6) is -3.44. The van der Waals surface area contributed by atoms with Crippen LogP contribution in [0, 0.1) is 0 Å². The molecule has 0 aromatic rings. The van der Waals surface area contributed by atoms with Crippen LogP contribution in [0.4, 0.5) is 0 Å². The van der Waals surface area contributed by atoms with Gasteiger partial charge < -0.3 is 18.9 Å². The first-order chi connectivity index (χ1) is 9.62. The number of hydrogen-bond donors (Lipinski definition) is 0. The predicted molar refractivity (Wildman–Crippen MR) is 73.5 cm³/mol. The van der Waals surface area contributed by atoms with Crippen LogP contribution in [0.25, 0.3) is 0 Å². The number of carbonyl (C=O) groups is 3. The quantitative estimate of drug-likeness (QED) is 0.557. The van der Waals surface area contributed by atoms with Gasteiger partial charge in [0.25, 0.3) is 5.79 Å². The van der Waals surface area contributed by atoms with Crippen LogP contribution in [-0.4, -0.2) is 48.9 Å². The van der Waals surface area contributed by atoms with Gasteiger partial charge in [-0.15, -0.1) is 0 Å². The SMILES string of the molecule is CC(=O)C(C)=O.CCOC1(C)OCC(=O)OC1(C)OCC. The molecule has 2 atom stereocenters. The van der Waals surface area contributed by atoms with Crippen molar-refractivity contribution in [3.63, 3.8) is 0 Å². The molecule has 0 N–H and O–H groups in total. The highest BCUT2D eigenvalue weighted by Crippen LogP contribution is 2.35. The monoisotopic (exact) mass is 304 g/mol. The summed E-state index contributed by atoms with van der Waals surface area (Å²) in [5.41, 5.74) is 0. The van der Waals surface area contributed by atoms with E-state index in [1.165, 1.54) is 13.8 Å². The molecular weight excluding hydrogens is 280 g/mol. The van der Waals surface area contributed by atoms with E-state index in [0.29, 0.717) is 13.2 Å². The Hall–Kier alpha value is -1.31. The number of ketones is 2.